The van der Waals surface area contributed by atoms with E-state index in [9.17, 15) is 18.0 Å². The average molecular weight is 554 g/mol. The number of aryl methyl sites for hydroxylation is 2. The highest BCUT2D eigenvalue weighted by Crippen LogP contribution is 2.23. The van der Waals surface area contributed by atoms with Gasteiger partial charge >= 0.3 is 5.97 Å². The van der Waals surface area contributed by atoms with Crippen molar-refractivity contribution >= 4 is 43.5 Å². The fourth-order valence-electron chi connectivity index (χ4n) is 3.67. The number of hydrogen-bond donors (Lipinski definition) is 0. The molecule has 1 amide bonds. The van der Waals surface area contributed by atoms with Gasteiger partial charge in [0.1, 0.15) is 6.54 Å². The number of carbonyl (C=O) groups is 2. The van der Waals surface area contributed by atoms with Crippen molar-refractivity contribution in [3.05, 3.63) is 57.9 Å². The number of fused-ring (bicyclic) bond motifs is 1. The van der Waals surface area contributed by atoms with E-state index in [2.05, 4.69) is 4.99 Å². The van der Waals surface area contributed by atoms with Crippen molar-refractivity contribution in [1.29, 1.82) is 10.5 Å². The number of ether oxygens (including phenoxy) is 1. The van der Waals surface area contributed by atoms with Crippen molar-refractivity contribution in [2.75, 3.05) is 19.7 Å². The summed E-state index contributed by atoms with van der Waals surface area (Å²) in [5, 5.41) is 17.7. The summed E-state index contributed by atoms with van der Waals surface area (Å²) in [6, 6.07) is 13.1. The standard InChI is InChI=1S/C26H27N5O5S2/c1-4-36-24(32)17-31-22-15-18(2)19(3)16-23(22)37-26(31)29-25(33)20-7-9-21(10-8-20)38(34,35)30(13-5-11-27)14-6-12-28/h7-10,15-16H,4-6,13-14,17H2,1-3H3. The maximum atomic E-state index is 13.0. The monoisotopic (exact) mass is 553 g/mol. The van der Waals surface area contributed by atoms with E-state index in [1.54, 1.807) is 11.5 Å². The Morgan fingerprint density at radius 1 is 1.05 bits per heavy atom. The van der Waals surface area contributed by atoms with Crippen molar-refractivity contribution < 1.29 is 22.7 Å². The predicted octanol–water partition coefficient (Wildman–Crippen LogP) is 3.44. The van der Waals surface area contributed by atoms with Crippen molar-refractivity contribution in [3.63, 3.8) is 0 Å². The zero-order valence-corrected chi connectivity index (χ0v) is 22.9. The molecule has 12 heteroatoms. The summed E-state index contributed by atoms with van der Waals surface area (Å²) >= 11 is 1.27. The van der Waals surface area contributed by atoms with Gasteiger partial charge in [-0.25, -0.2) is 8.42 Å². The highest BCUT2D eigenvalue weighted by Gasteiger charge is 2.24. The number of aromatic nitrogens is 1. The molecule has 1 aromatic heterocycles. The Balaban J connectivity index is 1.98. The summed E-state index contributed by atoms with van der Waals surface area (Å²) in [6.45, 7) is 5.69. The third-order valence-electron chi connectivity index (χ3n) is 5.77. The molecular weight excluding hydrogens is 526 g/mol. The van der Waals surface area contributed by atoms with Crippen molar-refractivity contribution in [2.24, 2.45) is 4.99 Å². The molecule has 3 rings (SSSR count). The van der Waals surface area contributed by atoms with Gasteiger partial charge in [-0.05, 0) is 68.3 Å². The quantitative estimate of drug-likeness (QED) is 0.350. The Morgan fingerprint density at radius 2 is 1.66 bits per heavy atom. The fourth-order valence-corrected chi connectivity index (χ4v) is 6.22. The highest BCUT2D eigenvalue weighted by atomic mass is 32.2. The SMILES string of the molecule is CCOC(=O)Cn1c(=NC(=O)c2ccc(S(=O)(=O)N(CCC#N)CCC#N)cc2)sc2cc(C)c(C)cc21. The smallest absolute Gasteiger partial charge is 0.326 e. The van der Waals surface area contributed by atoms with Crippen LogP contribution in [-0.4, -0.2) is 48.9 Å². The Morgan fingerprint density at radius 3 is 2.24 bits per heavy atom. The van der Waals surface area contributed by atoms with Gasteiger partial charge in [0.2, 0.25) is 10.0 Å². The molecule has 0 fully saturated rings. The van der Waals surface area contributed by atoms with E-state index >= 15 is 0 Å². The molecule has 0 aliphatic rings. The molecule has 0 N–H and O–H groups in total. The molecule has 1 heterocycles. The maximum Gasteiger partial charge on any atom is 0.326 e. The van der Waals surface area contributed by atoms with Crippen LogP contribution in [0.3, 0.4) is 0 Å². The zero-order chi connectivity index (χ0) is 27.9. The number of sulfonamides is 1. The molecule has 0 spiro atoms. The molecule has 0 aliphatic heterocycles. The van der Waals surface area contributed by atoms with Gasteiger partial charge in [-0.2, -0.15) is 19.8 Å². The number of carbonyl (C=O) groups excluding carboxylic acids is 2. The zero-order valence-electron chi connectivity index (χ0n) is 21.3. The van der Waals surface area contributed by atoms with Gasteiger partial charge in [-0.15, -0.1) is 0 Å². The number of nitriles is 2. The van der Waals surface area contributed by atoms with Gasteiger partial charge in [-0.1, -0.05) is 11.3 Å². The lowest BCUT2D eigenvalue weighted by atomic mass is 10.1. The third-order valence-corrected chi connectivity index (χ3v) is 8.73. The van der Waals surface area contributed by atoms with Gasteiger partial charge in [-0.3, -0.25) is 9.59 Å². The lowest BCUT2D eigenvalue weighted by Crippen LogP contribution is -2.32. The highest BCUT2D eigenvalue weighted by molar-refractivity contribution is 7.89. The van der Waals surface area contributed by atoms with Gasteiger partial charge in [0.15, 0.2) is 4.80 Å². The van der Waals surface area contributed by atoms with Gasteiger partial charge in [0.25, 0.3) is 5.91 Å². The summed E-state index contributed by atoms with van der Waals surface area (Å²) in [5.74, 6) is -1.05. The Kier molecular flexibility index (Phi) is 9.53. The molecule has 198 valence electrons. The lowest BCUT2D eigenvalue weighted by Gasteiger charge is -2.20. The Labute approximate surface area is 225 Å². The minimum atomic E-state index is -3.96. The first-order valence-electron chi connectivity index (χ1n) is 11.8. The molecule has 3 aromatic rings. The molecule has 0 aliphatic carbocycles. The topological polar surface area (TPSA) is 146 Å². The average Bonchev–Trinajstić information content (AvgIpc) is 3.19. The third kappa shape index (κ3) is 6.53. The number of esters is 1. The van der Waals surface area contributed by atoms with Crippen LogP contribution in [0.1, 0.15) is 41.3 Å². The van der Waals surface area contributed by atoms with Crippen LogP contribution in [0.4, 0.5) is 0 Å². The second-order valence-corrected chi connectivity index (χ2v) is 11.3. The lowest BCUT2D eigenvalue weighted by molar-refractivity contribution is -0.143. The molecule has 10 nitrogen and oxygen atoms in total. The number of rotatable bonds is 10. The van der Waals surface area contributed by atoms with Crippen LogP contribution in [0, 0.1) is 36.5 Å². The second-order valence-electron chi connectivity index (χ2n) is 8.34. The van der Waals surface area contributed by atoms with Crippen LogP contribution < -0.4 is 4.80 Å². The predicted molar refractivity (Wildman–Crippen MR) is 141 cm³/mol. The van der Waals surface area contributed by atoms with Crippen molar-refractivity contribution in [1.82, 2.24) is 8.87 Å². The fraction of sp³-hybridized carbons (Fsp3) is 0.346. The van der Waals surface area contributed by atoms with Crippen LogP contribution in [-0.2, 0) is 26.1 Å². The molecule has 0 saturated carbocycles. The van der Waals surface area contributed by atoms with E-state index in [0.29, 0.717) is 4.80 Å². The van der Waals surface area contributed by atoms with Gasteiger partial charge < -0.3 is 9.30 Å². The maximum absolute atomic E-state index is 13.0. The van der Waals surface area contributed by atoms with Crippen LogP contribution in [0.5, 0.6) is 0 Å². The largest absolute Gasteiger partial charge is 0.465 e. The number of thiazole rings is 1. The molecule has 0 bridgehead atoms. The van der Waals surface area contributed by atoms with Gasteiger partial charge in [0.05, 0.1) is 33.9 Å². The van der Waals surface area contributed by atoms with Crippen LogP contribution in [0.15, 0.2) is 46.3 Å². The first kappa shape index (κ1) is 28.7. The molecule has 2 aromatic carbocycles. The molecular formula is C26H27N5O5S2. The molecule has 0 unspecified atom stereocenters. The van der Waals surface area contributed by atoms with E-state index < -0.39 is 21.9 Å². The first-order valence-corrected chi connectivity index (χ1v) is 14.1. The summed E-state index contributed by atoms with van der Waals surface area (Å²) in [5.41, 5.74) is 3.02. The van der Waals surface area contributed by atoms with E-state index in [4.69, 9.17) is 15.3 Å². The second kappa shape index (κ2) is 12.6. The van der Waals surface area contributed by atoms with E-state index in [1.807, 2.05) is 38.1 Å². The van der Waals surface area contributed by atoms with E-state index in [-0.39, 0.29) is 49.5 Å². The number of nitrogens with zero attached hydrogens (tertiary/aromatic N) is 5. The number of benzene rings is 2. The number of amides is 1. The van der Waals surface area contributed by atoms with Crippen LogP contribution in [0.25, 0.3) is 10.2 Å². The van der Waals surface area contributed by atoms with Crippen molar-refractivity contribution in [3.8, 4) is 12.1 Å². The normalized spacial score (nSPS) is 11.9. The van der Waals surface area contributed by atoms with Gasteiger partial charge in [0, 0.05) is 31.5 Å². The number of hydrogen-bond acceptors (Lipinski definition) is 8. The molecule has 0 radical (unpaired) electrons. The Hall–Kier alpha value is -3.84. The van der Waals surface area contributed by atoms with E-state index in [0.717, 1.165) is 25.6 Å². The molecule has 0 saturated heterocycles. The van der Waals surface area contributed by atoms with Crippen molar-refractivity contribution in [2.45, 2.75) is 45.1 Å². The van der Waals surface area contributed by atoms with E-state index in [1.165, 1.54) is 35.6 Å². The Bertz CT molecular complexity index is 1590. The minimum Gasteiger partial charge on any atom is -0.465 e. The molecule has 38 heavy (non-hydrogen) atoms. The minimum absolute atomic E-state index is 0.0138. The summed E-state index contributed by atoms with van der Waals surface area (Å²) in [7, 11) is -3.96. The molecule has 0 atom stereocenters. The van der Waals surface area contributed by atoms with Crippen LogP contribution in [0.2, 0.25) is 0 Å². The van der Waals surface area contributed by atoms with Crippen LogP contribution >= 0.6 is 11.3 Å². The summed E-state index contributed by atoms with van der Waals surface area (Å²) in [6.07, 6.45) is -0.0275. The summed E-state index contributed by atoms with van der Waals surface area (Å²) < 4.78 is 34.7. The first-order chi connectivity index (χ1) is 18.1. The summed E-state index contributed by atoms with van der Waals surface area (Å²) in [4.78, 5) is 29.8.